The van der Waals surface area contributed by atoms with Gasteiger partial charge in [-0.25, -0.2) is 0 Å². The number of carboxylic acids is 2. The fourth-order valence-electron chi connectivity index (χ4n) is 3.48. The zero-order valence-electron chi connectivity index (χ0n) is 23.0. The van der Waals surface area contributed by atoms with Gasteiger partial charge in [0.2, 0.25) is 0 Å². The van der Waals surface area contributed by atoms with Crippen molar-refractivity contribution >= 4 is 35.8 Å². The maximum atomic E-state index is 11.9. The maximum absolute atomic E-state index is 11.9. The normalized spacial score (nSPS) is 22.7. The lowest BCUT2D eigenvalue weighted by Gasteiger charge is -2.23. The van der Waals surface area contributed by atoms with E-state index in [2.05, 4.69) is 0 Å². The average Bonchev–Trinajstić information content (AvgIpc) is 3.74. The lowest BCUT2D eigenvalue weighted by atomic mass is 9.83. The molecule has 0 bridgehead atoms. The number of carboxylic acid groups (broad SMARTS) is 2. The van der Waals surface area contributed by atoms with Gasteiger partial charge in [0.05, 0.1) is 35.5 Å². The minimum Gasteiger partial charge on any atom is -0.481 e. The monoisotopic (exact) mass is 556 g/mol. The highest BCUT2D eigenvalue weighted by molar-refractivity contribution is 5.86. The summed E-state index contributed by atoms with van der Waals surface area (Å²) in [5, 5.41) is 17.7. The lowest BCUT2D eigenvalue weighted by Crippen LogP contribution is -2.33. The van der Waals surface area contributed by atoms with Crippen LogP contribution in [0.3, 0.4) is 0 Å². The number of carbonyl (C=O) groups is 6. The predicted octanol–water partition coefficient (Wildman–Crippen LogP) is 2.63. The first kappa shape index (κ1) is 33.6. The molecule has 0 amide bonds. The number of esters is 4. The molecular formula is C27H40O12. The van der Waals surface area contributed by atoms with Crippen molar-refractivity contribution in [3.63, 3.8) is 0 Å². The summed E-state index contributed by atoms with van der Waals surface area (Å²) in [5.41, 5.74) is 0. The highest BCUT2D eigenvalue weighted by Gasteiger charge is 2.49. The highest BCUT2D eigenvalue weighted by atomic mass is 16.6. The van der Waals surface area contributed by atoms with E-state index >= 15 is 0 Å². The third-order valence-corrected chi connectivity index (χ3v) is 6.64. The lowest BCUT2D eigenvalue weighted by molar-refractivity contribution is -0.161. The largest absolute Gasteiger partial charge is 0.481 e. The van der Waals surface area contributed by atoms with Crippen LogP contribution in [-0.4, -0.2) is 72.5 Å². The van der Waals surface area contributed by atoms with Crippen molar-refractivity contribution in [3.8, 4) is 0 Å². The second-order valence-corrected chi connectivity index (χ2v) is 9.57. The number of hydrogen-bond donors (Lipinski definition) is 2. The zero-order valence-corrected chi connectivity index (χ0v) is 23.0. The minimum absolute atomic E-state index is 0.00475. The molecule has 2 N–H and O–H groups in total. The second-order valence-electron chi connectivity index (χ2n) is 9.57. The summed E-state index contributed by atoms with van der Waals surface area (Å²) in [7, 11) is 0. The first-order chi connectivity index (χ1) is 18.4. The summed E-state index contributed by atoms with van der Waals surface area (Å²) >= 11 is 0. The van der Waals surface area contributed by atoms with E-state index in [-0.39, 0.29) is 50.2 Å². The van der Waals surface area contributed by atoms with Crippen molar-refractivity contribution in [1.82, 2.24) is 0 Å². The van der Waals surface area contributed by atoms with Crippen LogP contribution in [0.5, 0.6) is 0 Å². The van der Waals surface area contributed by atoms with E-state index in [0.717, 1.165) is 0 Å². The quantitative estimate of drug-likeness (QED) is 0.138. The molecule has 2 aliphatic rings. The molecule has 0 radical (unpaired) electrons. The Morgan fingerprint density at radius 3 is 1.41 bits per heavy atom. The predicted molar refractivity (Wildman–Crippen MR) is 135 cm³/mol. The molecule has 6 unspecified atom stereocenters. The number of rotatable bonds is 14. The van der Waals surface area contributed by atoms with Crippen molar-refractivity contribution < 1.29 is 57.9 Å². The van der Waals surface area contributed by atoms with Crippen LogP contribution in [0.25, 0.3) is 0 Å². The molecule has 39 heavy (non-hydrogen) atoms. The Morgan fingerprint density at radius 1 is 0.641 bits per heavy atom. The van der Waals surface area contributed by atoms with Crippen molar-refractivity contribution in [2.24, 2.45) is 35.5 Å². The Kier molecular flexibility index (Phi) is 14.8. The molecule has 2 rings (SSSR count). The molecule has 0 aliphatic heterocycles. The van der Waals surface area contributed by atoms with Crippen LogP contribution in [0.2, 0.25) is 0 Å². The molecule has 2 aliphatic carbocycles. The van der Waals surface area contributed by atoms with Crippen LogP contribution in [0, 0.1) is 35.5 Å². The molecule has 12 nitrogen and oxygen atoms in total. The molecular weight excluding hydrogens is 516 g/mol. The summed E-state index contributed by atoms with van der Waals surface area (Å²) in [6.45, 7) is 7.22. The van der Waals surface area contributed by atoms with Crippen molar-refractivity contribution in [2.75, 3.05) is 26.4 Å². The van der Waals surface area contributed by atoms with E-state index in [1.54, 1.807) is 26.0 Å². The molecule has 0 aromatic heterocycles. The summed E-state index contributed by atoms with van der Waals surface area (Å²) in [6.07, 6.45) is 5.96. The fourth-order valence-corrected chi connectivity index (χ4v) is 3.48. The molecule has 0 aromatic carbocycles. The fraction of sp³-hybridized carbons (Fsp3) is 0.704. The Morgan fingerprint density at radius 2 is 1.03 bits per heavy atom. The van der Waals surface area contributed by atoms with Crippen molar-refractivity contribution in [2.45, 2.75) is 59.8 Å². The summed E-state index contributed by atoms with van der Waals surface area (Å²) in [5.74, 6) is -6.59. The smallest absolute Gasteiger partial charge is 0.310 e. The van der Waals surface area contributed by atoms with E-state index < -0.39 is 47.5 Å². The Bertz CT molecular complexity index is 895. The molecule has 1 fully saturated rings. The van der Waals surface area contributed by atoms with Gasteiger partial charge in [-0.15, -0.1) is 0 Å². The van der Waals surface area contributed by atoms with Crippen LogP contribution in [0.15, 0.2) is 12.2 Å². The zero-order chi connectivity index (χ0) is 29.5. The molecule has 220 valence electrons. The molecule has 0 heterocycles. The van der Waals surface area contributed by atoms with Crippen LogP contribution in [0.4, 0.5) is 0 Å². The number of hydrogen-bond acceptors (Lipinski definition) is 10. The number of ether oxygens (including phenoxy) is 4. The van der Waals surface area contributed by atoms with Gasteiger partial charge in [0.25, 0.3) is 0 Å². The molecule has 0 saturated heterocycles. The van der Waals surface area contributed by atoms with E-state index in [0.29, 0.717) is 32.1 Å². The highest BCUT2D eigenvalue weighted by Crippen LogP contribution is 2.39. The van der Waals surface area contributed by atoms with Crippen molar-refractivity contribution in [3.05, 3.63) is 12.2 Å². The van der Waals surface area contributed by atoms with E-state index in [4.69, 9.17) is 29.2 Å². The molecule has 6 atom stereocenters. The van der Waals surface area contributed by atoms with Gasteiger partial charge in [-0.2, -0.15) is 0 Å². The van der Waals surface area contributed by atoms with Gasteiger partial charge in [-0.1, -0.05) is 39.8 Å². The standard InChI is InChI=1S/C15H22O6.C12H18O6/c1-3-10(2)14(18)20-8-9-21-15(19)12-7-5-4-6-11(12)13(16)17;1-3-7(2)11(15)17-4-5-18-12(16)9-6-8(9)10(13)14/h4-5,10-12H,3,6-9H2,1-2H3,(H,16,17);7-9H,3-6H2,1-2H3,(H,13,14). The van der Waals surface area contributed by atoms with E-state index in [1.807, 2.05) is 13.8 Å². The summed E-state index contributed by atoms with van der Waals surface area (Å²) < 4.78 is 19.7. The number of carbonyl (C=O) groups excluding carboxylic acids is 4. The van der Waals surface area contributed by atoms with Gasteiger partial charge < -0.3 is 29.2 Å². The Labute approximate surface area is 228 Å². The Hall–Kier alpha value is -3.44. The average molecular weight is 557 g/mol. The summed E-state index contributed by atoms with van der Waals surface area (Å²) in [6, 6.07) is 0. The van der Waals surface area contributed by atoms with Crippen LogP contribution < -0.4 is 0 Å². The van der Waals surface area contributed by atoms with Gasteiger partial charge >= 0.3 is 35.8 Å². The van der Waals surface area contributed by atoms with Gasteiger partial charge in [-0.05, 0) is 32.1 Å². The number of aliphatic carboxylic acids is 2. The van der Waals surface area contributed by atoms with E-state index in [9.17, 15) is 28.8 Å². The first-order valence-corrected chi connectivity index (χ1v) is 13.2. The Balaban J connectivity index is 0.000000395. The van der Waals surface area contributed by atoms with Crippen LogP contribution in [0.1, 0.15) is 59.8 Å². The van der Waals surface area contributed by atoms with Crippen LogP contribution >= 0.6 is 0 Å². The van der Waals surface area contributed by atoms with E-state index in [1.165, 1.54) is 0 Å². The topological polar surface area (TPSA) is 180 Å². The maximum Gasteiger partial charge on any atom is 0.310 e. The minimum atomic E-state index is -0.996. The number of allylic oxidation sites excluding steroid dienone is 2. The van der Waals surface area contributed by atoms with Gasteiger partial charge in [0.1, 0.15) is 26.4 Å². The summed E-state index contributed by atoms with van der Waals surface area (Å²) in [4.78, 5) is 67.5. The molecule has 1 saturated carbocycles. The van der Waals surface area contributed by atoms with Gasteiger partial charge in [0.15, 0.2) is 0 Å². The third-order valence-electron chi connectivity index (χ3n) is 6.64. The molecule has 12 heteroatoms. The third kappa shape index (κ3) is 11.9. The second kappa shape index (κ2) is 17.2. The van der Waals surface area contributed by atoms with Gasteiger partial charge in [-0.3, -0.25) is 28.8 Å². The molecule has 0 aromatic rings. The van der Waals surface area contributed by atoms with Crippen LogP contribution in [-0.2, 0) is 47.7 Å². The van der Waals surface area contributed by atoms with Crippen molar-refractivity contribution in [1.29, 1.82) is 0 Å². The van der Waals surface area contributed by atoms with Gasteiger partial charge in [0, 0.05) is 0 Å². The SMILES string of the molecule is CCC(C)C(=O)OCCOC(=O)C1CC1C(=O)O.CCC(C)C(=O)OCCOC(=O)C1CC=CCC1C(=O)O. The molecule has 0 spiro atoms. The first-order valence-electron chi connectivity index (χ1n) is 13.2.